The molecule has 2 heterocycles. The van der Waals surface area contributed by atoms with E-state index in [0.717, 1.165) is 17.1 Å². The lowest BCUT2D eigenvalue weighted by atomic mass is 10.2. The summed E-state index contributed by atoms with van der Waals surface area (Å²) in [6, 6.07) is 14.2. The zero-order valence-corrected chi connectivity index (χ0v) is 16.1. The second-order valence-electron chi connectivity index (χ2n) is 6.35. The number of halogens is 1. The average molecular weight is 393 g/mol. The van der Waals surface area contributed by atoms with Gasteiger partial charge in [0.25, 0.3) is 5.91 Å². The highest BCUT2D eigenvalue weighted by atomic mass is 35.5. The van der Waals surface area contributed by atoms with Crippen LogP contribution < -0.4 is 5.32 Å². The molecule has 0 radical (unpaired) electrons. The third-order valence-corrected chi connectivity index (χ3v) is 4.55. The van der Waals surface area contributed by atoms with Crippen molar-refractivity contribution in [3.8, 4) is 17.1 Å². The summed E-state index contributed by atoms with van der Waals surface area (Å²) in [5.74, 6) is -0.230. The number of rotatable bonds is 4. The number of aromatic nitrogens is 5. The molecule has 0 aliphatic carbocycles. The molecule has 0 fully saturated rings. The van der Waals surface area contributed by atoms with E-state index < -0.39 is 0 Å². The number of imidazole rings is 1. The van der Waals surface area contributed by atoms with E-state index in [-0.39, 0.29) is 5.91 Å². The minimum atomic E-state index is -0.230. The molecule has 0 atom stereocenters. The summed E-state index contributed by atoms with van der Waals surface area (Å²) in [6.07, 6.45) is 3.56. The maximum Gasteiger partial charge on any atom is 0.255 e. The molecule has 0 aliphatic heterocycles. The number of anilines is 1. The first-order valence-electron chi connectivity index (χ1n) is 8.59. The monoisotopic (exact) mass is 392 g/mol. The topological polar surface area (TPSA) is 77.6 Å². The zero-order valence-electron chi connectivity index (χ0n) is 15.3. The van der Waals surface area contributed by atoms with Gasteiger partial charge in [0.2, 0.25) is 0 Å². The van der Waals surface area contributed by atoms with Crippen molar-refractivity contribution in [1.29, 1.82) is 0 Å². The predicted molar refractivity (Wildman–Crippen MR) is 108 cm³/mol. The predicted octanol–water partition coefficient (Wildman–Crippen LogP) is 3.88. The summed E-state index contributed by atoms with van der Waals surface area (Å²) < 4.78 is 3.54. The lowest BCUT2D eigenvalue weighted by Gasteiger charge is -2.07. The summed E-state index contributed by atoms with van der Waals surface area (Å²) in [4.78, 5) is 16.9. The van der Waals surface area contributed by atoms with E-state index in [2.05, 4.69) is 20.6 Å². The van der Waals surface area contributed by atoms with Crippen LogP contribution in [0, 0.1) is 6.92 Å². The zero-order chi connectivity index (χ0) is 19.7. The minimum Gasteiger partial charge on any atom is -0.332 e. The van der Waals surface area contributed by atoms with Gasteiger partial charge >= 0.3 is 0 Å². The van der Waals surface area contributed by atoms with Gasteiger partial charge in [0.15, 0.2) is 0 Å². The maximum absolute atomic E-state index is 12.6. The molecule has 4 aromatic rings. The smallest absolute Gasteiger partial charge is 0.255 e. The normalized spacial score (nSPS) is 10.8. The lowest BCUT2D eigenvalue weighted by Crippen LogP contribution is -2.12. The largest absolute Gasteiger partial charge is 0.332 e. The molecule has 1 amide bonds. The third-order valence-electron chi connectivity index (χ3n) is 4.31. The fourth-order valence-corrected chi connectivity index (χ4v) is 3.16. The SMILES string of the molecule is Cc1ncn(C)c1-c1cn(-c2cccc(C(=O)Nc3cccc(Cl)c3)c2)nn1. The summed E-state index contributed by atoms with van der Waals surface area (Å²) in [7, 11) is 1.91. The van der Waals surface area contributed by atoms with Crippen LogP contribution in [0.15, 0.2) is 61.1 Å². The molecule has 0 aliphatic rings. The molecule has 4 rings (SSSR count). The van der Waals surface area contributed by atoms with Crippen molar-refractivity contribution in [2.24, 2.45) is 7.05 Å². The van der Waals surface area contributed by atoms with Gasteiger partial charge in [0.1, 0.15) is 5.69 Å². The Labute approximate surface area is 166 Å². The number of hydrogen-bond donors (Lipinski definition) is 1. The van der Waals surface area contributed by atoms with Gasteiger partial charge in [-0.15, -0.1) is 5.10 Å². The molecule has 8 heteroatoms. The van der Waals surface area contributed by atoms with E-state index in [1.807, 2.05) is 30.8 Å². The molecule has 140 valence electrons. The Bertz CT molecular complexity index is 1140. The van der Waals surface area contributed by atoms with Crippen LogP contribution in [0.3, 0.4) is 0 Å². The molecule has 28 heavy (non-hydrogen) atoms. The first-order chi connectivity index (χ1) is 13.5. The fraction of sp³-hybridized carbons (Fsp3) is 0.100. The first kappa shape index (κ1) is 17.9. The van der Waals surface area contributed by atoms with Crippen LogP contribution in [0.5, 0.6) is 0 Å². The van der Waals surface area contributed by atoms with Crippen molar-refractivity contribution < 1.29 is 4.79 Å². The van der Waals surface area contributed by atoms with Crippen molar-refractivity contribution >= 4 is 23.2 Å². The van der Waals surface area contributed by atoms with Crippen LogP contribution in [-0.2, 0) is 7.05 Å². The second kappa shape index (κ2) is 7.28. The minimum absolute atomic E-state index is 0.230. The molecule has 1 N–H and O–H groups in total. The van der Waals surface area contributed by atoms with Gasteiger partial charge in [-0.25, -0.2) is 9.67 Å². The number of aryl methyl sites for hydroxylation is 2. The number of carbonyl (C=O) groups excluding carboxylic acids is 1. The Balaban J connectivity index is 1.60. The van der Waals surface area contributed by atoms with Crippen LogP contribution in [0.4, 0.5) is 5.69 Å². The van der Waals surface area contributed by atoms with Crippen LogP contribution >= 0.6 is 11.6 Å². The summed E-state index contributed by atoms with van der Waals surface area (Å²) in [5, 5.41) is 11.8. The van der Waals surface area contributed by atoms with E-state index in [9.17, 15) is 4.79 Å². The van der Waals surface area contributed by atoms with Crippen molar-refractivity contribution in [3.05, 3.63) is 77.3 Å². The molecule has 0 saturated heterocycles. The Morgan fingerprint density at radius 3 is 2.71 bits per heavy atom. The molecule has 2 aromatic carbocycles. The van der Waals surface area contributed by atoms with Gasteiger partial charge in [-0.05, 0) is 43.3 Å². The van der Waals surface area contributed by atoms with Gasteiger partial charge in [0, 0.05) is 23.3 Å². The van der Waals surface area contributed by atoms with E-state index in [4.69, 9.17) is 11.6 Å². The molecular formula is C20H17ClN6O. The fourth-order valence-electron chi connectivity index (χ4n) is 2.97. The number of nitrogens with zero attached hydrogens (tertiary/aromatic N) is 5. The molecule has 0 bridgehead atoms. The third kappa shape index (κ3) is 3.52. The highest BCUT2D eigenvalue weighted by Gasteiger charge is 2.13. The van der Waals surface area contributed by atoms with Crippen molar-refractivity contribution in [2.75, 3.05) is 5.32 Å². The quantitative estimate of drug-likeness (QED) is 0.571. The molecule has 2 aromatic heterocycles. The standard InChI is InChI=1S/C20H17ClN6O/c1-13-19(26(2)12-22-13)18-11-27(25-24-18)17-8-3-5-14(9-17)20(28)23-16-7-4-6-15(21)10-16/h3-12H,1-2H3,(H,23,28). The highest BCUT2D eigenvalue weighted by molar-refractivity contribution is 6.31. The molecule has 0 saturated carbocycles. The molecular weight excluding hydrogens is 376 g/mol. The molecule has 7 nitrogen and oxygen atoms in total. The van der Waals surface area contributed by atoms with Gasteiger partial charge in [0.05, 0.1) is 29.6 Å². The summed E-state index contributed by atoms with van der Waals surface area (Å²) >= 11 is 5.97. The van der Waals surface area contributed by atoms with Gasteiger partial charge in [-0.2, -0.15) is 0 Å². The highest BCUT2D eigenvalue weighted by Crippen LogP contribution is 2.21. The van der Waals surface area contributed by atoms with Crippen LogP contribution in [0.25, 0.3) is 17.1 Å². The Kier molecular flexibility index (Phi) is 4.67. The second-order valence-corrected chi connectivity index (χ2v) is 6.79. The Hall–Kier alpha value is -3.45. The van der Waals surface area contributed by atoms with Crippen molar-refractivity contribution in [1.82, 2.24) is 24.5 Å². The van der Waals surface area contributed by atoms with Gasteiger partial charge in [-0.3, -0.25) is 4.79 Å². The average Bonchev–Trinajstić information content (AvgIpc) is 3.28. The van der Waals surface area contributed by atoms with E-state index in [1.54, 1.807) is 53.5 Å². The molecule has 0 spiro atoms. The Morgan fingerprint density at radius 1 is 1.14 bits per heavy atom. The number of nitrogens with one attached hydrogen (secondary N) is 1. The van der Waals surface area contributed by atoms with Crippen LogP contribution in [0.2, 0.25) is 5.02 Å². The van der Waals surface area contributed by atoms with E-state index in [1.165, 1.54) is 0 Å². The maximum atomic E-state index is 12.6. The summed E-state index contributed by atoms with van der Waals surface area (Å²) in [6.45, 7) is 1.93. The number of benzene rings is 2. The number of carbonyl (C=O) groups is 1. The van der Waals surface area contributed by atoms with E-state index in [0.29, 0.717) is 22.0 Å². The van der Waals surface area contributed by atoms with E-state index >= 15 is 0 Å². The van der Waals surface area contributed by atoms with Crippen LogP contribution in [0.1, 0.15) is 16.1 Å². The summed E-state index contributed by atoms with van der Waals surface area (Å²) in [5.41, 5.74) is 4.37. The van der Waals surface area contributed by atoms with Crippen molar-refractivity contribution in [2.45, 2.75) is 6.92 Å². The number of hydrogen-bond acceptors (Lipinski definition) is 4. The van der Waals surface area contributed by atoms with Crippen molar-refractivity contribution in [3.63, 3.8) is 0 Å². The number of amides is 1. The Morgan fingerprint density at radius 2 is 1.96 bits per heavy atom. The van der Waals surface area contributed by atoms with Gasteiger partial charge in [-0.1, -0.05) is 28.9 Å². The van der Waals surface area contributed by atoms with Gasteiger partial charge < -0.3 is 9.88 Å². The first-order valence-corrected chi connectivity index (χ1v) is 8.97. The van der Waals surface area contributed by atoms with Crippen LogP contribution in [-0.4, -0.2) is 30.5 Å². The lowest BCUT2D eigenvalue weighted by molar-refractivity contribution is 0.102. The molecule has 0 unspecified atom stereocenters.